The van der Waals surface area contributed by atoms with E-state index in [1.807, 2.05) is 0 Å². The molecule has 8 heteroatoms. The molecular formula is C18H11F5N2O. The minimum Gasteiger partial charge on any atom is -0.294 e. The Labute approximate surface area is 144 Å². The second kappa shape index (κ2) is 6.70. The van der Waals surface area contributed by atoms with Gasteiger partial charge in [-0.1, -0.05) is 24.3 Å². The van der Waals surface area contributed by atoms with Crippen LogP contribution in [0.2, 0.25) is 0 Å². The summed E-state index contributed by atoms with van der Waals surface area (Å²) in [5.74, 6) is -2.50. The Morgan fingerprint density at radius 3 is 2.27 bits per heavy atom. The van der Waals surface area contributed by atoms with Gasteiger partial charge in [-0.25, -0.2) is 13.5 Å². The van der Waals surface area contributed by atoms with E-state index in [4.69, 9.17) is 0 Å². The fraction of sp³-hybridized carbons (Fsp3) is 0.111. The van der Waals surface area contributed by atoms with Crippen LogP contribution in [0.25, 0.3) is 5.69 Å². The van der Waals surface area contributed by atoms with Crippen LogP contribution in [-0.4, -0.2) is 15.6 Å². The number of rotatable bonds is 4. The molecule has 0 aliphatic carbocycles. The largest absolute Gasteiger partial charge is 0.417 e. The highest BCUT2D eigenvalue weighted by Crippen LogP contribution is 2.32. The zero-order valence-corrected chi connectivity index (χ0v) is 13.1. The first kappa shape index (κ1) is 17.8. The second-order valence-electron chi connectivity index (χ2n) is 5.47. The molecule has 0 bridgehead atoms. The van der Waals surface area contributed by atoms with Gasteiger partial charge >= 0.3 is 6.18 Å². The molecule has 2 aromatic carbocycles. The Hall–Kier alpha value is -3.03. The first-order valence-electron chi connectivity index (χ1n) is 7.45. The molecule has 0 unspecified atom stereocenters. The van der Waals surface area contributed by atoms with Gasteiger partial charge in [0, 0.05) is 11.8 Å². The normalized spacial score (nSPS) is 11.6. The van der Waals surface area contributed by atoms with E-state index in [1.165, 1.54) is 30.5 Å². The molecule has 1 aromatic heterocycles. The Bertz CT molecular complexity index is 942. The number of ketones is 1. The fourth-order valence-electron chi connectivity index (χ4n) is 2.52. The molecule has 3 rings (SSSR count). The molecule has 0 atom stereocenters. The number of halogens is 5. The van der Waals surface area contributed by atoms with Gasteiger partial charge in [0.15, 0.2) is 17.4 Å². The monoisotopic (exact) mass is 366 g/mol. The van der Waals surface area contributed by atoms with Crippen molar-refractivity contribution in [3.8, 4) is 5.69 Å². The predicted molar refractivity (Wildman–Crippen MR) is 83.0 cm³/mol. The minimum absolute atomic E-state index is 0.0923. The highest BCUT2D eigenvalue weighted by atomic mass is 19.4. The Kier molecular flexibility index (Phi) is 4.58. The van der Waals surface area contributed by atoms with Crippen molar-refractivity contribution < 1.29 is 26.7 Å². The van der Waals surface area contributed by atoms with Crippen LogP contribution in [0.15, 0.2) is 54.7 Å². The molecule has 0 amide bonds. The standard InChI is InChI=1S/C18H11F5N2O/c19-14-6-3-7-15(20)17(14)25-9-8-11(24-25)10-16(26)12-4-1-2-5-13(12)18(21,22)23/h1-9H,10H2. The summed E-state index contributed by atoms with van der Waals surface area (Å²) in [4.78, 5) is 12.3. The van der Waals surface area contributed by atoms with E-state index >= 15 is 0 Å². The van der Waals surface area contributed by atoms with Crippen LogP contribution in [0.5, 0.6) is 0 Å². The van der Waals surface area contributed by atoms with E-state index in [1.54, 1.807) is 0 Å². The number of carbonyl (C=O) groups is 1. The van der Waals surface area contributed by atoms with Crippen LogP contribution in [0.4, 0.5) is 22.0 Å². The fourth-order valence-corrected chi connectivity index (χ4v) is 2.52. The van der Waals surface area contributed by atoms with Crippen molar-refractivity contribution in [2.45, 2.75) is 12.6 Å². The van der Waals surface area contributed by atoms with Gasteiger partial charge in [0.25, 0.3) is 0 Å². The van der Waals surface area contributed by atoms with Crippen LogP contribution >= 0.6 is 0 Å². The predicted octanol–water partition coefficient (Wildman–Crippen LogP) is 4.59. The van der Waals surface area contributed by atoms with Gasteiger partial charge in [0.05, 0.1) is 17.7 Å². The third-order valence-electron chi connectivity index (χ3n) is 3.69. The van der Waals surface area contributed by atoms with Gasteiger partial charge in [-0.2, -0.15) is 18.3 Å². The summed E-state index contributed by atoms with van der Waals surface area (Å²) in [6.45, 7) is 0. The molecular weight excluding hydrogens is 355 g/mol. The van der Waals surface area contributed by atoms with E-state index in [9.17, 15) is 26.7 Å². The van der Waals surface area contributed by atoms with Crippen molar-refractivity contribution in [2.75, 3.05) is 0 Å². The first-order valence-corrected chi connectivity index (χ1v) is 7.45. The molecule has 0 fully saturated rings. The highest BCUT2D eigenvalue weighted by Gasteiger charge is 2.34. The zero-order chi connectivity index (χ0) is 18.9. The quantitative estimate of drug-likeness (QED) is 0.500. The summed E-state index contributed by atoms with van der Waals surface area (Å²) in [7, 11) is 0. The van der Waals surface area contributed by atoms with Gasteiger partial charge in [-0.3, -0.25) is 4.79 Å². The Morgan fingerprint density at radius 1 is 0.962 bits per heavy atom. The van der Waals surface area contributed by atoms with Gasteiger partial charge in [-0.05, 0) is 24.3 Å². The molecule has 134 valence electrons. The Balaban J connectivity index is 1.88. The van der Waals surface area contributed by atoms with Crippen LogP contribution in [0.1, 0.15) is 21.6 Å². The highest BCUT2D eigenvalue weighted by molar-refractivity contribution is 5.98. The number of carbonyl (C=O) groups excluding carboxylic acids is 1. The number of hydrogen-bond acceptors (Lipinski definition) is 2. The lowest BCUT2D eigenvalue weighted by atomic mass is 10.0. The van der Waals surface area contributed by atoms with E-state index in [2.05, 4.69) is 5.10 Å². The number of hydrogen-bond donors (Lipinski definition) is 0. The third kappa shape index (κ3) is 3.49. The lowest BCUT2D eigenvalue weighted by Crippen LogP contribution is -2.14. The molecule has 0 aliphatic heterocycles. The van der Waals surface area contributed by atoms with E-state index in [0.29, 0.717) is 0 Å². The van der Waals surface area contributed by atoms with E-state index in [-0.39, 0.29) is 5.69 Å². The molecule has 1 heterocycles. The lowest BCUT2D eigenvalue weighted by Gasteiger charge is -2.11. The summed E-state index contributed by atoms with van der Waals surface area (Å²) in [5.41, 5.74) is -1.85. The molecule has 0 saturated carbocycles. The number of nitrogens with zero attached hydrogens (tertiary/aromatic N) is 2. The van der Waals surface area contributed by atoms with Crippen molar-refractivity contribution in [1.82, 2.24) is 9.78 Å². The minimum atomic E-state index is -4.66. The van der Waals surface area contributed by atoms with Crippen LogP contribution in [0.3, 0.4) is 0 Å². The van der Waals surface area contributed by atoms with Gasteiger partial charge in [-0.15, -0.1) is 0 Å². The van der Waals surface area contributed by atoms with Crippen molar-refractivity contribution >= 4 is 5.78 Å². The van der Waals surface area contributed by atoms with Crippen LogP contribution < -0.4 is 0 Å². The summed E-state index contributed by atoms with van der Waals surface area (Å²) < 4.78 is 67.5. The summed E-state index contributed by atoms with van der Waals surface area (Å²) in [5, 5.41) is 3.89. The number of para-hydroxylation sites is 1. The Morgan fingerprint density at radius 2 is 1.62 bits per heavy atom. The maximum Gasteiger partial charge on any atom is 0.417 e. The summed E-state index contributed by atoms with van der Waals surface area (Å²) in [6, 6.07) is 9.02. The average molecular weight is 366 g/mol. The molecule has 0 spiro atoms. The topological polar surface area (TPSA) is 34.9 Å². The molecule has 0 saturated heterocycles. The van der Waals surface area contributed by atoms with Gasteiger partial charge in [0.2, 0.25) is 0 Å². The molecule has 0 aliphatic rings. The smallest absolute Gasteiger partial charge is 0.294 e. The molecule has 3 aromatic rings. The molecule has 26 heavy (non-hydrogen) atoms. The van der Waals surface area contributed by atoms with Crippen molar-refractivity contribution in [3.05, 3.63) is 83.2 Å². The van der Waals surface area contributed by atoms with E-state index in [0.717, 1.165) is 28.9 Å². The van der Waals surface area contributed by atoms with Gasteiger partial charge < -0.3 is 0 Å². The molecule has 0 N–H and O–H groups in total. The van der Waals surface area contributed by atoms with Crippen molar-refractivity contribution in [2.24, 2.45) is 0 Å². The van der Waals surface area contributed by atoms with Crippen molar-refractivity contribution in [3.63, 3.8) is 0 Å². The maximum absolute atomic E-state index is 13.8. The third-order valence-corrected chi connectivity index (χ3v) is 3.69. The average Bonchev–Trinajstić information content (AvgIpc) is 3.02. The number of Topliss-reactive ketones (excluding diaryl/α,β-unsaturated/α-hetero) is 1. The maximum atomic E-state index is 13.8. The molecule has 0 radical (unpaired) electrons. The zero-order valence-electron chi connectivity index (χ0n) is 13.1. The van der Waals surface area contributed by atoms with Crippen LogP contribution in [0, 0.1) is 11.6 Å². The lowest BCUT2D eigenvalue weighted by molar-refractivity contribution is -0.137. The summed E-state index contributed by atoms with van der Waals surface area (Å²) in [6.07, 6.45) is -3.86. The van der Waals surface area contributed by atoms with Crippen molar-refractivity contribution in [1.29, 1.82) is 0 Å². The number of alkyl halides is 3. The van der Waals surface area contributed by atoms with Crippen LogP contribution in [-0.2, 0) is 12.6 Å². The SMILES string of the molecule is O=C(Cc1ccn(-c2c(F)cccc2F)n1)c1ccccc1C(F)(F)F. The number of benzene rings is 2. The number of aromatic nitrogens is 2. The summed E-state index contributed by atoms with van der Waals surface area (Å²) >= 11 is 0. The van der Waals surface area contributed by atoms with Gasteiger partial charge in [0.1, 0.15) is 5.69 Å². The molecule has 3 nitrogen and oxygen atoms in total. The first-order chi connectivity index (χ1) is 12.3. The van der Waals surface area contributed by atoms with E-state index < -0.39 is 46.8 Å². The second-order valence-corrected chi connectivity index (χ2v) is 5.47.